The van der Waals surface area contributed by atoms with Crippen molar-refractivity contribution in [3.63, 3.8) is 0 Å². The summed E-state index contributed by atoms with van der Waals surface area (Å²) in [5.41, 5.74) is 0. The van der Waals surface area contributed by atoms with Gasteiger partial charge < -0.3 is 10.6 Å². The van der Waals surface area contributed by atoms with Crippen LogP contribution >= 0.6 is 11.3 Å². The highest BCUT2D eigenvalue weighted by molar-refractivity contribution is 7.11. The van der Waals surface area contributed by atoms with Crippen LogP contribution in [-0.2, 0) is 0 Å². The molecule has 18 heavy (non-hydrogen) atoms. The van der Waals surface area contributed by atoms with Crippen LogP contribution in [0, 0.1) is 12.8 Å². The van der Waals surface area contributed by atoms with Gasteiger partial charge in [0.05, 0.1) is 5.01 Å². The summed E-state index contributed by atoms with van der Waals surface area (Å²) in [6.07, 6.45) is 5.67. The number of nitrogens with zero attached hydrogens (tertiary/aromatic N) is 1. The molecule has 2 N–H and O–H groups in total. The second-order valence-electron chi connectivity index (χ2n) is 5.08. The Morgan fingerprint density at radius 1 is 1.56 bits per heavy atom. The van der Waals surface area contributed by atoms with Crippen molar-refractivity contribution in [1.29, 1.82) is 0 Å². The van der Waals surface area contributed by atoms with Crippen LogP contribution < -0.4 is 10.6 Å². The lowest BCUT2D eigenvalue weighted by molar-refractivity contribution is 0.240. The summed E-state index contributed by atoms with van der Waals surface area (Å²) in [5.74, 6) is 1.14. The van der Waals surface area contributed by atoms with Crippen LogP contribution in [0.5, 0.6) is 0 Å². The number of carbonyl (C=O) groups is 1. The first kappa shape index (κ1) is 13.3. The van der Waals surface area contributed by atoms with Crippen molar-refractivity contribution < 1.29 is 4.79 Å². The monoisotopic (exact) mass is 267 g/mol. The number of rotatable bonds is 6. The van der Waals surface area contributed by atoms with Gasteiger partial charge in [0.2, 0.25) is 0 Å². The third-order valence-corrected chi connectivity index (χ3v) is 4.31. The van der Waals surface area contributed by atoms with E-state index in [0.717, 1.165) is 23.9 Å². The van der Waals surface area contributed by atoms with Crippen molar-refractivity contribution in [2.45, 2.75) is 39.0 Å². The molecular formula is C13H21N3OS. The predicted molar refractivity (Wildman–Crippen MR) is 74.0 cm³/mol. The average Bonchev–Trinajstić information content (AvgIpc) is 3.06. The molecule has 1 aliphatic rings. The van der Waals surface area contributed by atoms with Crippen molar-refractivity contribution in [2.24, 2.45) is 5.92 Å². The van der Waals surface area contributed by atoms with Gasteiger partial charge in [0.1, 0.15) is 0 Å². The summed E-state index contributed by atoms with van der Waals surface area (Å²) in [7, 11) is 0. The van der Waals surface area contributed by atoms with E-state index in [4.69, 9.17) is 0 Å². The summed E-state index contributed by atoms with van der Waals surface area (Å²) >= 11 is 1.69. The molecule has 1 saturated carbocycles. The highest BCUT2D eigenvalue weighted by Gasteiger charge is 2.20. The molecule has 0 saturated heterocycles. The number of urea groups is 1. The Labute approximate surface area is 112 Å². The van der Waals surface area contributed by atoms with Crippen molar-refractivity contribution >= 4 is 17.4 Å². The van der Waals surface area contributed by atoms with Crippen molar-refractivity contribution in [3.8, 4) is 0 Å². The lowest BCUT2D eigenvalue weighted by Gasteiger charge is -2.11. The van der Waals surface area contributed by atoms with Crippen molar-refractivity contribution in [2.75, 3.05) is 13.1 Å². The van der Waals surface area contributed by atoms with Gasteiger partial charge in [-0.05, 0) is 19.3 Å². The van der Waals surface area contributed by atoms with Gasteiger partial charge in [-0.15, -0.1) is 11.3 Å². The Balaban J connectivity index is 1.62. The van der Waals surface area contributed by atoms with Crippen LogP contribution in [0.3, 0.4) is 0 Å². The number of hydrogen-bond donors (Lipinski definition) is 2. The molecule has 1 unspecified atom stereocenters. The molecule has 1 aromatic heterocycles. The largest absolute Gasteiger partial charge is 0.338 e. The van der Waals surface area contributed by atoms with Gasteiger partial charge in [0.25, 0.3) is 0 Å². The number of nitrogens with one attached hydrogen (secondary N) is 2. The van der Waals surface area contributed by atoms with Gasteiger partial charge in [-0.3, -0.25) is 0 Å². The third-order valence-electron chi connectivity index (χ3n) is 3.16. The molecule has 1 aromatic rings. The molecule has 100 valence electrons. The van der Waals surface area contributed by atoms with Crippen LogP contribution in [-0.4, -0.2) is 24.1 Å². The van der Waals surface area contributed by atoms with E-state index in [2.05, 4.69) is 22.5 Å². The molecule has 5 heteroatoms. The molecule has 2 amide bonds. The predicted octanol–water partition coefficient (Wildman–Crippen LogP) is 2.65. The summed E-state index contributed by atoms with van der Waals surface area (Å²) in [5, 5.41) is 6.89. The van der Waals surface area contributed by atoms with Crippen LogP contribution in [0.2, 0.25) is 0 Å². The standard InChI is InChI=1S/C13H21N3OS/c1-9(12-15-8-10(2)18-12)7-16-13(17)14-6-5-11-3-4-11/h8-9,11H,3-7H2,1-2H3,(H2,14,16,17). The molecule has 0 bridgehead atoms. The van der Waals surface area contributed by atoms with E-state index in [0.29, 0.717) is 6.54 Å². The number of aromatic nitrogens is 1. The zero-order chi connectivity index (χ0) is 13.0. The smallest absolute Gasteiger partial charge is 0.314 e. The maximum Gasteiger partial charge on any atom is 0.314 e. The SMILES string of the molecule is Cc1cnc(C(C)CNC(=O)NCCC2CC2)s1. The molecule has 2 rings (SSSR count). The Bertz CT molecular complexity index is 401. The quantitative estimate of drug-likeness (QED) is 0.832. The van der Waals surface area contributed by atoms with Crippen LogP contribution in [0.15, 0.2) is 6.20 Å². The normalized spacial score (nSPS) is 16.3. The molecule has 1 atom stereocenters. The topological polar surface area (TPSA) is 54.0 Å². The summed E-state index contributed by atoms with van der Waals surface area (Å²) in [6, 6.07) is -0.0595. The molecule has 0 aromatic carbocycles. The number of thiazole rings is 1. The lowest BCUT2D eigenvalue weighted by Crippen LogP contribution is -2.37. The van der Waals surface area contributed by atoms with Gasteiger partial charge in [-0.1, -0.05) is 19.8 Å². The number of amides is 2. The molecule has 1 fully saturated rings. The summed E-state index contributed by atoms with van der Waals surface area (Å²) in [4.78, 5) is 17.1. The first-order valence-corrected chi connectivity index (χ1v) is 7.41. The molecule has 0 aliphatic heterocycles. The molecular weight excluding hydrogens is 246 g/mol. The zero-order valence-corrected chi connectivity index (χ0v) is 11.8. The maximum atomic E-state index is 11.5. The first-order chi connectivity index (χ1) is 8.65. The van der Waals surface area contributed by atoms with Gasteiger partial charge in [-0.25, -0.2) is 9.78 Å². The highest BCUT2D eigenvalue weighted by atomic mass is 32.1. The maximum absolute atomic E-state index is 11.5. The minimum atomic E-state index is -0.0595. The van der Waals surface area contributed by atoms with E-state index in [9.17, 15) is 4.79 Å². The second kappa shape index (κ2) is 6.18. The first-order valence-electron chi connectivity index (χ1n) is 6.59. The minimum absolute atomic E-state index is 0.0595. The fourth-order valence-corrected chi connectivity index (χ4v) is 2.62. The molecule has 4 nitrogen and oxygen atoms in total. The fourth-order valence-electron chi connectivity index (χ4n) is 1.79. The van der Waals surface area contributed by atoms with Crippen molar-refractivity contribution in [3.05, 3.63) is 16.1 Å². The van der Waals surface area contributed by atoms with E-state index < -0.39 is 0 Å². The van der Waals surface area contributed by atoms with Gasteiger partial charge in [0.15, 0.2) is 0 Å². The average molecular weight is 267 g/mol. The van der Waals surface area contributed by atoms with E-state index >= 15 is 0 Å². The molecule has 1 heterocycles. The molecule has 1 aliphatic carbocycles. The third kappa shape index (κ3) is 4.29. The number of carbonyl (C=O) groups excluding carboxylic acids is 1. The Morgan fingerprint density at radius 3 is 2.94 bits per heavy atom. The Morgan fingerprint density at radius 2 is 2.33 bits per heavy atom. The second-order valence-corrected chi connectivity index (χ2v) is 6.35. The molecule has 0 spiro atoms. The Kier molecular flexibility index (Phi) is 4.58. The summed E-state index contributed by atoms with van der Waals surface area (Å²) in [6.45, 7) is 5.57. The zero-order valence-electron chi connectivity index (χ0n) is 11.0. The lowest BCUT2D eigenvalue weighted by atomic mass is 10.2. The van der Waals surface area contributed by atoms with E-state index in [1.165, 1.54) is 17.7 Å². The fraction of sp³-hybridized carbons (Fsp3) is 0.692. The van der Waals surface area contributed by atoms with Gasteiger partial charge in [0, 0.05) is 30.1 Å². The highest BCUT2D eigenvalue weighted by Crippen LogP contribution is 2.31. The number of aryl methyl sites for hydroxylation is 1. The van der Waals surface area contributed by atoms with Crippen LogP contribution in [0.1, 0.15) is 42.0 Å². The van der Waals surface area contributed by atoms with Crippen LogP contribution in [0.4, 0.5) is 4.79 Å². The number of hydrogen-bond acceptors (Lipinski definition) is 3. The van der Waals surface area contributed by atoms with E-state index in [-0.39, 0.29) is 11.9 Å². The van der Waals surface area contributed by atoms with E-state index in [1.807, 2.05) is 13.1 Å². The Hall–Kier alpha value is -1.10. The minimum Gasteiger partial charge on any atom is -0.338 e. The van der Waals surface area contributed by atoms with Gasteiger partial charge >= 0.3 is 6.03 Å². The van der Waals surface area contributed by atoms with Gasteiger partial charge in [-0.2, -0.15) is 0 Å². The van der Waals surface area contributed by atoms with Crippen molar-refractivity contribution in [1.82, 2.24) is 15.6 Å². The molecule has 0 radical (unpaired) electrons. The van der Waals surface area contributed by atoms with Crippen LogP contribution in [0.25, 0.3) is 0 Å². The summed E-state index contributed by atoms with van der Waals surface area (Å²) < 4.78 is 0. The van der Waals surface area contributed by atoms with E-state index in [1.54, 1.807) is 11.3 Å².